The largest absolute Gasteiger partial charge is 0.388 e. The van der Waals surface area contributed by atoms with Crippen molar-refractivity contribution in [1.29, 1.82) is 0 Å². The molecule has 1 N–H and O–H groups in total. The molecule has 1 nitrogen and oxygen atoms in total. The molecule has 0 bridgehead atoms. The first-order valence-corrected chi connectivity index (χ1v) is 6.76. The third kappa shape index (κ3) is 3.61. The van der Waals surface area contributed by atoms with E-state index in [0.717, 1.165) is 5.56 Å². The van der Waals surface area contributed by atoms with Gasteiger partial charge in [0, 0.05) is 16.5 Å². The minimum atomic E-state index is -2.52. The van der Waals surface area contributed by atoms with Crippen molar-refractivity contribution in [2.24, 2.45) is 0 Å². The Balaban J connectivity index is 2.13. The van der Waals surface area contributed by atoms with E-state index in [9.17, 15) is 18.3 Å². The first kappa shape index (κ1) is 15.1. The van der Waals surface area contributed by atoms with Crippen LogP contribution in [0.25, 0.3) is 0 Å². The molecule has 1 atom stereocenters. The average molecular weight is 345 g/mol. The summed E-state index contributed by atoms with van der Waals surface area (Å²) in [6.07, 6.45) is -3.08. The molecule has 0 saturated heterocycles. The fourth-order valence-electron chi connectivity index (χ4n) is 1.88. The molecule has 20 heavy (non-hydrogen) atoms. The lowest BCUT2D eigenvalue weighted by Crippen LogP contribution is -2.03. The summed E-state index contributed by atoms with van der Waals surface area (Å²) in [5, 5.41) is 10.1. The number of benzene rings is 2. The molecule has 106 valence electrons. The normalized spacial score (nSPS) is 12.7. The minimum absolute atomic E-state index is 0.0797. The van der Waals surface area contributed by atoms with Gasteiger partial charge >= 0.3 is 0 Å². The number of alkyl halides is 2. The van der Waals surface area contributed by atoms with Gasteiger partial charge in [-0.1, -0.05) is 46.3 Å². The second-order valence-corrected chi connectivity index (χ2v) is 5.28. The van der Waals surface area contributed by atoms with Crippen molar-refractivity contribution >= 4 is 15.9 Å². The van der Waals surface area contributed by atoms with Gasteiger partial charge < -0.3 is 5.11 Å². The maximum Gasteiger partial charge on any atom is 0.263 e. The molecule has 0 fully saturated rings. The van der Waals surface area contributed by atoms with Crippen molar-refractivity contribution in [2.45, 2.75) is 19.0 Å². The van der Waals surface area contributed by atoms with Crippen LogP contribution in [-0.4, -0.2) is 5.11 Å². The van der Waals surface area contributed by atoms with Gasteiger partial charge in [0.05, 0.1) is 6.10 Å². The standard InChI is InChI=1S/C15H12BrF3O/c16-13-8-12(17)6-5-11(13)7-14(20)9-1-3-10(4-2-9)15(18)19/h1-6,8,14-15,20H,7H2. The summed E-state index contributed by atoms with van der Waals surface area (Å²) in [6.45, 7) is 0. The molecule has 0 aliphatic rings. The van der Waals surface area contributed by atoms with Gasteiger partial charge in [-0.05, 0) is 23.3 Å². The summed E-state index contributed by atoms with van der Waals surface area (Å²) >= 11 is 3.23. The summed E-state index contributed by atoms with van der Waals surface area (Å²) in [5.74, 6) is -0.364. The van der Waals surface area contributed by atoms with E-state index in [1.54, 1.807) is 6.07 Å². The van der Waals surface area contributed by atoms with Crippen LogP contribution >= 0.6 is 15.9 Å². The summed E-state index contributed by atoms with van der Waals surface area (Å²) in [6, 6.07) is 9.75. The fourth-order valence-corrected chi connectivity index (χ4v) is 2.39. The van der Waals surface area contributed by atoms with Crippen LogP contribution in [0.5, 0.6) is 0 Å². The SMILES string of the molecule is OC(Cc1ccc(F)cc1Br)c1ccc(C(F)F)cc1. The summed E-state index contributed by atoms with van der Waals surface area (Å²) in [7, 11) is 0. The van der Waals surface area contributed by atoms with Gasteiger partial charge in [-0.15, -0.1) is 0 Å². The quantitative estimate of drug-likeness (QED) is 0.844. The van der Waals surface area contributed by atoms with Crippen LogP contribution < -0.4 is 0 Å². The molecule has 0 radical (unpaired) electrons. The highest BCUT2D eigenvalue weighted by atomic mass is 79.9. The Hall–Kier alpha value is -1.33. The lowest BCUT2D eigenvalue weighted by Gasteiger charge is -2.13. The number of hydrogen-bond donors (Lipinski definition) is 1. The molecule has 0 amide bonds. The molecular formula is C15H12BrF3O. The summed E-state index contributed by atoms with van der Waals surface area (Å²) in [5.41, 5.74) is 1.21. The van der Waals surface area contributed by atoms with E-state index in [0.29, 0.717) is 10.0 Å². The minimum Gasteiger partial charge on any atom is -0.388 e. The van der Waals surface area contributed by atoms with Gasteiger partial charge in [0.1, 0.15) is 5.82 Å². The van der Waals surface area contributed by atoms with Crippen LogP contribution in [0.3, 0.4) is 0 Å². The predicted octanol–water partition coefficient (Wildman–Crippen LogP) is 4.80. The highest BCUT2D eigenvalue weighted by Crippen LogP contribution is 2.26. The van der Waals surface area contributed by atoms with Crippen molar-refractivity contribution in [2.75, 3.05) is 0 Å². The zero-order valence-electron chi connectivity index (χ0n) is 10.4. The van der Waals surface area contributed by atoms with E-state index in [1.807, 2.05) is 0 Å². The molecule has 2 aromatic carbocycles. The molecule has 5 heteroatoms. The van der Waals surface area contributed by atoms with Crippen LogP contribution in [0.1, 0.15) is 29.2 Å². The molecule has 2 aromatic rings. The third-order valence-corrected chi connectivity index (χ3v) is 3.74. The third-order valence-electron chi connectivity index (χ3n) is 3.00. The van der Waals surface area contributed by atoms with E-state index in [-0.39, 0.29) is 17.8 Å². The van der Waals surface area contributed by atoms with Gasteiger partial charge in [0.2, 0.25) is 0 Å². The maximum atomic E-state index is 13.0. The zero-order valence-corrected chi connectivity index (χ0v) is 11.9. The smallest absolute Gasteiger partial charge is 0.263 e. The van der Waals surface area contributed by atoms with Crippen LogP contribution in [0, 0.1) is 5.82 Å². The van der Waals surface area contributed by atoms with Crippen molar-refractivity contribution in [3.8, 4) is 0 Å². The van der Waals surface area contributed by atoms with Crippen molar-refractivity contribution in [3.05, 3.63) is 69.4 Å². The van der Waals surface area contributed by atoms with Gasteiger partial charge in [-0.25, -0.2) is 13.2 Å². The van der Waals surface area contributed by atoms with Crippen molar-refractivity contribution < 1.29 is 18.3 Å². The molecule has 0 heterocycles. The first-order valence-electron chi connectivity index (χ1n) is 5.97. The fraction of sp³-hybridized carbons (Fsp3) is 0.200. The van der Waals surface area contributed by atoms with Crippen LogP contribution in [0.2, 0.25) is 0 Å². The molecule has 0 aliphatic heterocycles. The van der Waals surface area contributed by atoms with Crippen LogP contribution in [-0.2, 0) is 6.42 Å². The lowest BCUT2D eigenvalue weighted by atomic mass is 10.0. The van der Waals surface area contributed by atoms with E-state index in [1.165, 1.54) is 36.4 Å². The molecule has 1 unspecified atom stereocenters. The second kappa shape index (κ2) is 6.41. The molecule has 0 aliphatic carbocycles. The Kier molecular flexibility index (Phi) is 4.83. The van der Waals surface area contributed by atoms with E-state index < -0.39 is 12.5 Å². The van der Waals surface area contributed by atoms with E-state index >= 15 is 0 Å². The summed E-state index contributed by atoms with van der Waals surface area (Å²) in [4.78, 5) is 0. The monoisotopic (exact) mass is 344 g/mol. The van der Waals surface area contributed by atoms with Gasteiger partial charge in [0.25, 0.3) is 6.43 Å². The maximum absolute atomic E-state index is 13.0. The molecule has 0 spiro atoms. The second-order valence-electron chi connectivity index (χ2n) is 4.42. The van der Waals surface area contributed by atoms with E-state index in [2.05, 4.69) is 15.9 Å². The van der Waals surface area contributed by atoms with Crippen molar-refractivity contribution in [3.63, 3.8) is 0 Å². The highest BCUT2D eigenvalue weighted by molar-refractivity contribution is 9.10. The Bertz CT molecular complexity index is 584. The Morgan fingerprint density at radius 3 is 2.15 bits per heavy atom. The Morgan fingerprint density at radius 1 is 1.00 bits per heavy atom. The highest BCUT2D eigenvalue weighted by Gasteiger charge is 2.13. The van der Waals surface area contributed by atoms with E-state index in [4.69, 9.17) is 0 Å². The molecule has 0 aromatic heterocycles. The van der Waals surface area contributed by atoms with Gasteiger partial charge in [-0.2, -0.15) is 0 Å². The molecule has 2 rings (SSSR count). The van der Waals surface area contributed by atoms with Crippen LogP contribution in [0.15, 0.2) is 46.9 Å². The van der Waals surface area contributed by atoms with Crippen molar-refractivity contribution in [1.82, 2.24) is 0 Å². The van der Waals surface area contributed by atoms with Gasteiger partial charge in [-0.3, -0.25) is 0 Å². The number of aliphatic hydroxyl groups excluding tert-OH is 1. The molecular weight excluding hydrogens is 333 g/mol. The average Bonchev–Trinajstić information content (AvgIpc) is 2.42. The summed E-state index contributed by atoms with van der Waals surface area (Å²) < 4.78 is 38.4. The topological polar surface area (TPSA) is 20.2 Å². The number of hydrogen-bond acceptors (Lipinski definition) is 1. The van der Waals surface area contributed by atoms with Crippen LogP contribution in [0.4, 0.5) is 13.2 Å². The molecule has 0 saturated carbocycles. The first-order chi connectivity index (χ1) is 9.47. The number of halogens is 4. The Labute approximate surface area is 123 Å². The Morgan fingerprint density at radius 2 is 1.60 bits per heavy atom. The van der Waals surface area contributed by atoms with Gasteiger partial charge in [0.15, 0.2) is 0 Å². The number of aliphatic hydroxyl groups is 1. The zero-order chi connectivity index (χ0) is 14.7. The predicted molar refractivity (Wildman–Crippen MR) is 74.2 cm³/mol. The lowest BCUT2D eigenvalue weighted by molar-refractivity contribution is 0.151. The number of rotatable bonds is 4.